The van der Waals surface area contributed by atoms with Crippen LogP contribution in [-0.2, 0) is 4.79 Å². The molecule has 2 N–H and O–H groups in total. The first kappa shape index (κ1) is 18.4. The number of carbonyl (C=O) groups is 1. The second-order valence-electron chi connectivity index (χ2n) is 5.84. The largest absolute Gasteiger partial charge is 0.343 e. The van der Waals surface area contributed by atoms with Gasteiger partial charge in [0.1, 0.15) is 0 Å². The van der Waals surface area contributed by atoms with Gasteiger partial charge in [-0.15, -0.1) is 0 Å². The fourth-order valence-corrected chi connectivity index (χ4v) is 2.07. The zero-order valence-corrected chi connectivity index (χ0v) is 13.5. The molecule has 0 aliphatic heterocycles. The number of carbonyl (C=O) groups excluding carboxylic acids is 1. The van der Waals surface area contributed by atoms with Gasteiger partial charge in [0, 0.05) is 25.0 Å². The van der Waals surface area contributed by atoms with Crippen molar-refractivity contribution in [3.05, 3.63) is 0 Å². The van der Waals surface area contributed by atoms with Gasteiger partial charge in [-0.05, 0) is 53.2 Å². The molecule has 114 valence electrons. The third kappa shape index (κ3) is 9.00. The first-order valence-electron chi connectivity index (χ1n) is 7.63. The highest BCUT2D eigenvalue weighted by Gasteiger charge is 2.17. The summed E-state index contributed by atoms with van der Waals surface area (Å²) < 4.78 is 0. The minimum absolute atomic E-state index is 0.237. The Morgan fingerprint density at radius 1 is 1.05 bits per heavy atom. The Labute approximate surface area is 119 Å². The van der Waals surface area contributed by atoms with Crippen LogP contribution in [0.3, 0.4) is 0 Å². The van der Waals surface area contributed by atoms with Crippen molar-refractivity contribution in [3.8, 4) is 0 Å². The molecule has 0 aliphatic carbocycles. The first-order valence-corrected chi connectivity index (χ1v) is 7.63. The van der Waals surface area contributed by atoms with Crippen molar-refractivity contribution in [2.75, 3.05) is 32.7 Å². The Kier molecular flexibility index (Phi) is 9.02. The fraction of sp³-hybridized carbons (Fsp3) is 0.933. The highest BCUT2D eigenvalue weighted by atomic mass is 16.2. The van der Waals surface area contributed by atoms with Crippen LogP contribution in [0, 0.1) is 0 Å². The van der Waals surface area contributed by atoms with E-state index in [-0.39, 0.29) is 11.4 Å². The van der Waals surface area contributed by atoms with Crippen molar-refractivity contribution in [3.63, 3.8) is 0 Å². The summed E-state index contributed by atoms with van der Waals surface area (Å²) in [5.41, 5.74) is 5.67. The van der Waals surface area contributed by atoms with E-state index < -0.39 is 0 Å². The molecule has 0 fully saturated rings. The Morgan fingerprint density at radius 2 is 1.63 bits per heavy atom. The maximum atomic E-state index is 12.1. The lowest BCUT2D eigenvalue weighted by Crippen LogP contribution is -2.37. The van der Waals surface area contributed by atoms with Crippen LogP contribution >= 0.6 is 0 Å². The van der Waals surface area contributed by atoms with E-state index in [4.69, 9.17) is 5.73 Å². The maximum Gasteiger partial charge on any atom is 0.222 e. The Bertz CT molecular complexity index is 244. The number of hydrogen-bond acceptors (Lipinski definition) is 3. The van der Waals surface area contributed by atoms with E-state index in [2.05, 4.69) is 18.7 Å². The lowest BCUT2D eigenvalue weighted by atomic mass is 10.00. The molecular formula is C15H33N3O. The fourth-order valence-electron chi connectivity index (χ4n) is 2.07. The molecule has 0 aromatic carbocycles. The van der Waals surface area contributed by atoms with Crippen LogP contribution in [0.25, 0.3) is 0 Å². The molecule has 4 heteroatoms. The standard InChI is InChI=1S/C15H33N3O/c1-6-17(7-2)12-9-13-18(8-3)14(19)10-11-15(4,5)16/h6-13,16H2,1-5H3. The van der Waals surface area contributed by atoms with Crippen LogP contribution in [0.1, 0.15) is 53.9 Å². The summed E-state index contributed by atoms with van der Waals surface area (Å²) in [7, 11) is 0. The number of amides is 1. The molecule has 0 rings (SSSR count). The summed E-state index contributed by atoms with van der Waals surface area (Å²) in [6.07, 6.45) is 2.36. The van der Waals surface area contributed by atoms with Crippen molar-refractivity contribution in [2.24, 2.45) is 5.73 Å². The van der Waals surface area contributed by atoms with Crippen molar-refractivity contribution < 1.29 is 4.79 Å². The number of rotatable bonds is 10. The number of hydrogen-bond donors (Lipinski definition) is 1. The molecule has 0 heterocycles. The van der Waals surface area contributed by atoms with Gasteiger partial charge in [-0.25, -0.2) is 0 Å². The van der Waals surface area contributed by atoms with Crippen molar-refractivity contribution in [1.29, 1.82) is 0 Å². The molecule has 0 spiro atoms. The number of nitrogens with two attached hydrogens (primary N) is 1. The first-order chi connectivity index (χ1) is 8.84. The molecule has 4 nitrogen and oxygen atoms in total. The van der Waals surface area contributed by atoms with E-state index in [0.29, 0.717) is 6.42 Å². The predicted octanol–water partition coefficient (Wildman–Crippen LogP) is 2.08. The lowest BCUT2D eigenvalue weighted by molar-refractivity contribution is -0.131. The van der Waals surface area contributed by atoms with Crippen LogP contribution in [0.4, 0.5) is 0 Å². The van der Waals surface area contributed by atoms with Gasteiger partial charge in [-0.1, -0.05) is 13.8 Å². The molecule has 0 unspecified atom stereocenters. The smallest absolute Gasteiger partial charge is 0.222 e. The summed E-state index contributed by atoms with van der Waals surface area (Å²) in [4.78, 5) is 16.4. The average molecular weight is 271 g/mol. The van der Waals surface area contributed by atoms with Gasteiger partial charge < -0.3 is 15.5 Å². The van der Waals surface area contributed by atoms with Gasteiger partial charge in [-0.3, -0.25) is 4.79 Å². The van der Waals surface area contributed by atoms with Gasteiger partial charge in [-0.2, -0.15) is 0 Å². The van der Waals surface area contributed by atoms with Crippen molar-refractivity contribution in [1.82, 2.24) is 9.80 Å². The lowest BCUT2D eigenvalue weighted by Gasteiger charge is -2.25. The number of nitrogens with zero attached hydrogens (tertiary/aromatic N) is 2. The van der Waals surface area contributed by atoms with Gasteiger partial charge in [0.05, 0.1) is 0 Å². The highest BCUT2D eigenvalue weighted by molar-refractivity contribution is 5.76. The molecule has 0 aromatic rings. The molecule has 0 radical (unpaired) electrons. The summed E-state index contributed by atoms with van der Waals surface area (Å²) in [5.74, 6) is 0.237. The van der Waals surface area contributed by atoms with Crippen LogP contribution in [0.2, 0.25) is 0 Å². The second kappa shape index (κ2) is 9.32. The summed E-state index contributed by atoms with van der Waals surface area (Å²) in [6, 6.07) is 0. The third-order valence-corrected chi connectivity index (χ3v) is 3.51. The monoisotopic (exact) mass is 271 g/mol. The second-order valence-corrected chi connectivity index (χ2v) is 5.84. The average Bonchev–Trinajstić information content (AvgIpc) is 2.35. The quantitative estimate of drug-likeness (QED) is 0.662. The van der Waals surface area contributed by atoms with E-state index in [0.717, 1.165) is 45.6 Å². The molecule has 0 saturated heterocycles. The summed E-state index contributed by atoms with van der Waals surface area (Å²) in [6.45, 7) is 15.2. The molecule has 0 atom stereocenters. The van der Waals surface area contributed by atoms with E-state index in [1.165, 1.54) is 0 Å². The van der Waals surface area contributed by atoms with Gasteiger partial charge in [0.15, 0.2) is 0 Å². The molecule has 0 aliphatic rings. The minimum atomic E-state index is -0.254. The molecule has 0 bridgehead atoms. The molecule has 19 heavy (non-hydrogen) atoms. The van der Waals surface area contributed by atoms with Crippen LogP contribution in [0.5, 0.6) is 0 Å². The van der Waals surface area contributed by atoms with Crippen LogP contribution in [-0.4, -0.2) is 54.0 Å². The van der Waals surface area contributed by atoms with E-state index >= 15 is 0 Å². The summed E-state index contributed by atoms with van der Waals surface area (Å²) in [5, 5.41) is 0. The predicted molar refractivity (Wildman–Crippen MR) is 82.2 cm³/mol. The van der Waals surface area contributed by atoms with Crippen molar-refractivity contribution in [2.45, 2.75) is 59.4 Å². The van der Waals surface area contributed by atoms with E-state index in [1.807, 2.05) is 25.7 Å². The zero-order chi connectivity index (χ0) is 14.9. The third-order valence-electron chi connectivity index (χ3n) is 3.51. The molecule has 0 aromatic heterocycles. The molecule has 1 amide bonds. The maximum absolute atomic E-state index is 12.1. The van der Waals surface area contributed by atoms with Gasteiger partial charge in [0.2, 0.25) is 5.91 Å². The topological polar surface area (TPSA) is 49.6 Å². The minimum Gasteiger partial charge on any atom is -0.343 e. The Balaban J connectivity index is 4.02. The van der Waals surface area contributed by atoms with Crippen molar-refractivity contribution >= 4 is 5.91 Å². The van der Waals surface area contributed by atoms with Gasteiger partial charge >= 0.3 is 0 Å². The Morgan fingerprint density at radius 3 is 2.05 bits per heavy atom. The van der Waals surface area contributed by atoms with E-state index in [9.17, 15) is 4.79 Å². The van der Waals surface area contributed by atoms with Crippen LogP contribution in [0.15, 0.2) is 0 Å². The molecule has 0 saturated carbocycles. The normalized spacial score (nSPS) is 11.9. The van der Waals surface area contributed by atoms with E-state index in [1.54, 1.807) is 0 Å². The molecular weight excluding hydrogens is 238 g/mol. The van der Waals surface area contributed by atoms with Crippen LogP contribution < -0.4 is 5.73 Å². The van der Waals surface area contributed by atoms with Gasteiger partial charge in [0.25, 0.3) is 0 Å². The highest BCUT2D eigenvalue weighted by Crippen LogP contribution is 2.09. The zero-order valence-electron chi connectivity index (χ0n) is 13.5. The SMILES string of the molecule is CCN(CC)CCCN(CC)C(=O)CCC(C)(C)N. The summed E-state index contributed by atoms with van der Waals surface area (Å²) >= 11 is 0. The Hall–Kier alpha value is -0.610.